The molecule has 2 heteroatoms. The van der Waals surface area contributed by atoms with Gasteiger partial charge in [0, 0.05) is 12.4 Å². The second-order valence-electron chi connectivity index (χ2n) is 3.63. The topological polar surface area (TPSA) is 36.7 Å². The molecule has 0 unspecified atom stereocenters. The van der Waals surface area contributed by atoms with Crippen molar-refractivity contribution in [3.63, 3.8) is 0 Å². The molecule has 0 bridgehead atoms. The molecule has 0 N–H and O–H groups in total. The van der Waals surface area contributed by atoms with E-state index in [2.05, 4.69) is 24.9 Å². The summed E-state index contributed by atoms with van der Waals surface area (Å²) in [5, 5.41) is 8.65. The van der Waals surface area contributed by atoms with E-state index in [0.717, 1.165) is 18.4 Å². The van der Waals surface area contributed by atoms with E-state index >= 15 is 0 Å². The Balaban J connectivity index is 2.63. The fourth-order valence-electron chi connectivity index (χ4n) is 1.14. The van der Waals surface area contributed by atoms with E-state index in [9.17, 15) is 0 Å². The second kappa shape index (κ2) is 4.61. The molecule has 1 rings (SSSR count). The van der Waals surface area contributed by atoms with Gasteiger partial charge >= 0.3 is 0 Å². The van der Waals surface area contributed by atoms with Crippen molar-refractivity contribution in [2.75, 3.05) is 0 Å². The molecule has 0 saturated heterocycles. The molecule has 0 saturated carbocycles. The molecule has 0 radical (unpaired) electrons. The highest BCUT2D eigenvalue weighted by Gasteiger charge is 1.98. The average Bonchev–Trinajstić information content (AvgIpc) is 2.15. The summed E-state index contributed by atoms with van der Waals surface area (Å²) in [5.41, 5.74) is 1.81. The van der Waals surface area contributed by atoms with Crippen LogP contribution in [0.3, 0.4) is 0 Å². The van der Waals surface area contributed by atoms with Crippen molar-refractivity contribution < 1.29 is 0 Å². The third-order valence-electron chi connectivity index (χ3n) is 1.93. The van der Waals surface area contributed by atoms with Crippen LogP contribution in [0, 0.1) is 17.2 Å². The Morgan fingerprint density at radius 1 is 1.46 bits per heavy atom. The predicted octanol–water partition coefficient (Wildman–Crippen LogP) is 2.54. The van der Waals surface area contributed by atoms with Gasteiger partial charge in [-0.15, -0.1) is 0 Å². The SMILES string of the molecule is CC(C)CCc1cncc(C#N)c1. The zero-order valence-corrected chi connectivity index (χ0v) is 8.12. The highest BCUT2D eigenvalue weighted by atomic mass is 14.6. The zero-order valence-electron chi connectivity index (χ0n) is 8.12. The summed E-state index contributed by atoms with van der Waals surface area (Å²) >= 11 is 0. The van der Waals surface area contributed by atoms with E-state index in [1.165, 1.54) is 0 Å². The van der Waals surface area contributed by atoms with Gasteiger partial charge in [-0.05, 0) is 30.4 Å². The Kier molecular flexibility index (Phi) is 3.45. The first-order valence-electron chi connectivity index (χ1n) is 4.56. The van der Waals surface area contributed by atoms with Crippen molar-refractivity contribution in [2.45, 2.75) is 26.7 Å². The molecule has 68 valence electrons. The first kappa shape index (κ1) is 9.73. The highest BCUT2D eigenvalue weighted by molar-refractivity contribution is 5.28. The smallest absolute Gasteiger partial charge is 0.101 e. The summed E-state index contributed by atoms with van der Waals surface area (Å²) in [5.74, 6) is 0.700. The number of hydrogen-bond acceptors (Lipinski definition) is 2. The van der Waals surface area contributed by atoms with E-state index in [1.54, 1.807) is 6.20 Å². The third kappa shape index (κ3) is 3.25. The number of aromatic nitrogens is 1. The molecule has 0 fully saturated rings. The summed E-state index contributed by atoms with van der Waals surface area (Å²) in [6.07, 6.45) is 5.60. The molecule has 0 aromatic carbocycles. The molecule has 0 amide bonds. The number of nitrogens with zero attached hydrogens (tertiary/aromatic N) is 2. The molecule has 0 aliphatic heterocycles. The Morgan fingerprint density at radius 2 is 2.23 bits per heavy atom. The largest absolute Gasteiger partial charge is 0.263 e. The Bertz CT molecular complexity index is 310. The first-order chi connectivity index (χ1) is 6.22. The fourth-order valence-corrected chi connectivity index (χ4v) is 1.14. The van der Waals surface area contributed by atoms with Gasteiger partial charge in [0.15, 0.2) is 0 Å². The number of hydrogen-bond donors (Lipinski definition) is 0. The number of aryl methyl sites for hydroxylation is 1. The molecular weight excluding hydrogens is 160 g/mol. The van der Waals surface area contributed by atoms with Crippen LogP contribution in [0.15, 0.2) is 18.5 Å². The minimum absolute atomic E-state index is 0.654. The van der Waals surface area contributed by atoms with E-state index in [4.69, 9.17) is 5.26 Å². The maximum atomic E-state index is 8.65. The van der Waals surface area contributed by atoms with E-state index in [0.29, 0.717) is 11.5 Å². The molecule has 13 heavy (non-hydrogen) atoms. The van der Waals surface area contributed by atoms with Crippen LogP contribution in [0.25, 0.3) is 0 Å². The molecule has 1 heterocycles. The lowest BCUT2D eigenvalue weighted by Gasteiger charge is -2.03. The Labute approximate surface area is 79.2 Å². The van der Waals surface area contributed by atoms with Gasteiger partial charge in [-0.1, -0.05) is 13.8 Å². The maximum Gasteiger partial charge on any atom is 0.101 e. The molecule has 0 spiro atoms. The summed E-state index contributed by atoms with van der Waals surface area (Å²) < 4.78 is 0. The van der Waals surface area contributed by atoms with Crippen molar-refractivity contribution in [1.82, 2.24) is 4.98 Å². The highest BCUT2D eigenvalue weighted by Crippen LogP contribution is 2.08. The lowest BCUT2D eigenvalue weighted by Crippen LogP contribution is -1.93. The lowest BCUT2D eigenvalue weighted by atomic mass is 10.0. The van der Waals surface area contributed by atoms with Gasteiger partial charge in [-0.2, -0.15) is 5.26 Å². The van der Waals surface area contributed by atoms with Gasteiger partial charge in [-0.3, -0.25) is 4.98 Å². The third-order valence-corrected chi connectivity index (χ3v) is 1.93. The molecule has 0 atom stereocenters. The van der Waals surface area contributed by atoms with Gasteiger partial charge in [0.2, 0.25) is 0 Å². The molecular formula is C11H14N2. The van der Waals surface area contributed by atoms with Gasteiger partial charge in [0.1, 0.15) is 6.07 Å². The van der Waals surface area contributed by atoms with E-state index in [-0.39, 0.29) is 0 Å². The summed E-state index contributed by atoms with van der Waals surface area (Å²) in [6, 6.07) is 4.00. The lowest BCUT2D eigenvalue weighted by molar-refractivity contribution is 0.586. The predicted molar refractivity (Wildman–Crippen MR) is 52.1 cm³/mol. The molecule has 0 aliphatic rings. The Morgan fingerprint density at radius 3 is 2.85 bits per heavy atom. The van der Waals surface area contributed by atoms with Crippen molar-refractivity contribution in [3.05, 3.63) is 29.6 Å². The van der Waals surface area contributed by atoms with Crippen LogP contribution >= 0.6 is 0 Å². The fraction of sp³-hybridized carbons (Fsp3) is 0.455. The van der Waals surface area contributed by atoms with Gasteiger partial charge < -0.3 is 0 Å². The number of nitriles is 1. The molecule has 0 aliphatic carbocycles. The van der Waals surface area contributed by atoms with Crippen molar-refractivity contribution in [3.8, 4) is 6.07 Å². The quantitative estimate of drug-likeness (QED) is 0.706. The Hall–Kier alpha value is -1.36. The standard InChI is InChI=1S/C11H14N2/c1-9(2)3-4-10-5-11(6-12)8-13-7-10/h5,7-9H,3-4H2,1-2H3. The van der Waals surface area contributed by atoms with Crippen molar-refractivity contribution in [1.29, 1.82) is 5.26 Å². The first-order valence-corrected chi connectivity index (χ1v) is 4.56. The summed E-state index contributed by atoms with van der Waals surface area (Å²) in [4.78, 5) is 4.01. The van der Waals surface area contributed by atoms with E-state index < -0.39 is 0 Å². The van der Waals surface area contributed by atoms with Crippen LogP contribution in [0.1, 0.15) is 31.4 Å². The normalized spacial score (nSPS) is 10.0. The molecule has 1 aromatic heterocycles. The van der Waals surface area contributed by atoms with Crippen molar-refractivity contribution in [2.24, 2.45) is 5.92 Å². The maximum absolute atomic E-state index is 8.65. The van der Waals surface area contributed by atoms with Crippen LogP contribution in [0.2, 0.25) is 0 Å². The monoisotopic (exact) mass is 174 g/mol. The van der Waals surface area contributed by atoms with E-state index in [1.807, 2.05) is 12.3 Å². The van der Waals surface area contributed by atoms with Crippen LogP contribution in [-0.4, -0.2) is 4.98 Å². The van der Waals surface area contributed by atoms with Gasteiger partial charge in [-0.25, -0.2) is 0 Å². The summed E-state index contributed by atoms with van der Waals surface area (Å²) in [6.45, 7) is 4.39. The average molecular weight is 174 g/mol. The molecule has 1 aromatic rings. The molecule has 2 nitrogen and oxygen atoms in total. The number of rotatable bonds is 3. The minimum Gasteiger partial charge on any atom is -0.263 e. The van der Waals surface area contributed by atoms with Crippen LogP contribution < -0.4 is 0 Å². The van der Waals surface area contributed by atoms with Crippen LogP contribution in [-0.2, 0) is 6.42 Å². The number of pyridine rings is 1. The van der Waals surface area contributed by atoms with Gasteiger partial charge in [0.25, 0.3) is 0 Å². The van der Waals surface area contributed by atoms with Crippen LogP contribution in [0.4, 0.5) is 0 Å². The van der Waals surface area contributed by atoms with Gasteiger partial charge in [0.05, 0.1) is 5.56 Å². The second-order valence-corrected chi connectivity index (χ2v) is 3.63. The zero-order chi connectivity index (χ0) is 9.68. The minimum atomic E-state index is 0.654. The van der Waals surface area contributed by atoms with Crippen molar-refractivity contribution >= 4 is 0 Å². The van der Waals surface area contributed by atoms with Crippen LogP contribution in [0.5, 0.6) is 0 Å². The summed E-state index contributed by atoms with van der Waals surface area (Å²) in [7, 11) is 0.